The van der Waals surface area contributed by atoms with Crippen molar-refractivity contribution in [1.29, 1.82) is 0 Å². The lowest BCUT2D eigenvalue weighted by molar-refractivity contribution is 0.357. The third kappa shape index (κ3) is 3.74. The molecule has 2 N–H and O–H groups in total. The van der Waals surface area contributed by atoms with Crippen molar-refractivity contribution in [1.82, 2.24) is 9.71 Å². The minimum absolute atomic E-state index is 0.145. The maximum absolute atomic E-state index is 12.5. The molecule has 0 amide bonds. The summed E-state index contributed by atoms with van der Waals surface area (Å²) in [4.78, 5) is 4.19. The van der Waals surface area contributed by atoms with E-state index in [2.05, 4.69) is 28.9 Å². The first-order chi connectivity index (χ1) is 9.91. The van der Waals surface area contributed by atoms with Crippen LogP contribution in [0.4, 0.5) is 5.69 Å². The van der Waals surface area contributed by atoms with E-state index in [1.54, 1.807) is 12.3 Å². The predicted octanol–water partition coefficient (Wildman–Crippen LogP) is 2.62. The lowest BCUT2D eigenvalue weighted by Crippen LogP contribution is -2.33. The number of pyridine rings is 1. The highest BCUT2D eigenvalue weighted by atomic mass is 32.2. The van der Waals surface area contributed by atoms with Crippen LogP contribution in [0.2, 0.25) is 0 Å². The molecule has 0 atom stereocenters. The molecule has 118 valence electrons. The molecule has 1 fully saturated rings. The van der Waals surface area contributed by atoms with Crippen molar-refractivity contribution in [3.63, 3.8) is 0 Å². The molecule has 1 aromatic heterocycles. The minimum Gasteiger partial charge on any atom is -0.384 e. The van der Waals surface area contributed by atoms with E-state index in [4.69, 9.17) is 0 Å². The first kappa shape index (κ1) is 16.2. The second-order valence-corrected chi connectivity index (χ2v) is 7.88. The smallest absolute Gasteiger partial charge is 0.244 e. The zero-order valence-corrected chi connectivity index (χ0v) is 13.8. The third-order valence-electron chi connectivity index (χ3n) is 4.37. The standard InChI is InChI=1S/C15H25N3O2S/c1-4-8-17-13-5-9-16-10-14(13)21(19,20)18-11-15(6-7-15)12(2)3/h5,9-10,12,18H,4,6-8,11H2,1-3H3,(H,16,17). The van der Waals surface area contributed by atoms with Crippen LogP contribution < -0.4 is 10.0 Å². The zero-order chi connectivity index (χ0) is 15.5. The van der Waals surface area contributed by atoms with Gasteiger partial charge in [0.05, 0.1) is 5.69 Å². The average Bonchev–Trinajstić information content (AvgIpc) is 3.25. The molecule has 6 heteroatoms. The lowest BCUT2D eigenvalue weighted by Gasteiger charge is -2.20. The summed E-state index contributed by atoms with van der Waals surface area (Å²) in [5, 5.41) is 3.15. The van der Waals surface area contributed by atoms with Gasteiger partial charge in [0.15, 0.2) is 0 Å². The molecule has 1 heterocycles. The number of nitrogens with zero attached hydrogens (tertiary/aromatic N) is 1. The molecule has 1 aromatic rings. The Kier molecular flexibility index (Phi) is 4.88. The highest BCUT2D eigenvalue weighted by Crippen LogP contribution is 2.51. The molecule has 21 heavy (non-hydrogen) atoms. The van der Waals surface area contributed by atoms with Crippen LogP contribution in [0.3, 0.4) is 0 Å². The Morgan fingerprint density at radius 3 is 2.67 bits per heavy atom. The SMILES string of the molecule is CCCNc1ccncc1S(=O)(=O)NCC1(C(C)C)CC1. The Morgan fingerprint density at radius 2 is 2.10 bits per heavy atom. The quantitative estimate of drug-likeness (QED) is 0.774. The highest BCUT2D eigenvalue weighted by Gasteiger charge is 2.45. The van der Waals surface area contributed by atoms with Crippen LogP contribution in [-0.4, -0.2) is 26.5 Å². The third-order valence-corrected chi connectivity index (χ3v) is 5.80. The van der Waals surface area contributed by atoms with Gasteiger partial charge in [-0.05, 0) is 36.7 Å². The van der Waals surface area contributed by atoms with Crippen LogP contribution >= 0.6 is 0 Å². The summed E-state index contributed by atoms with van der Waals surface area (Å²) in [5.74, 6) is 0.492. The number of hydrogen-bond donors (Lipinski definition) is 2. The Labute approximate surface area is 127 Å². The Morgan fingerprint density at radius 1 is 1.38 bits per heavy atom. The number of aromatic nitrogens is 1. The second kappa shape index (κ2) is 6.32. The lowest BCUT2D eigenvalue weighted by atomic mass is 9.93. The van der Waals surface area contributed by atoms with E-state index in [1.165, 1.54) is 6.20 Å². The Bertz CT molecular complexity index is 580. The first-order valence-electron chi connectivity index (χ1n) is 7.59. The van der Waals surface area contributed by atoms with E-state index >= 15 is 0 Å². The predicted molar refractivity (Wildman–Crippen MR) is 84.7 cm³/mol. The van der Waals surface area contributed by atoms with Gasteiger partial charge >= 0.3 is 0 Å². The number of sulfonamides is 1. The molecule has 1 aliphatic carbocycles. The van der Waals surface area contributed by atoms with Crippen molar-refractivity contribution >= 4 is 15.7 Å². The van der Waals surface area contributed by atoms with Gasteiger partial charge in [0, 0.05) is 25.5 Å². The molecule has 1 saturated carbocycles. The largest absolute Gasteiger partial charge is 0.384 e. The summed E-state index contributed by atoms with van der Waals surface area (Å²) in [7, 11) is -3.52. The Balaban J connectivity index is 2.12. The summed E-state index contributed by atoms with van der Waals surface area (Å²) < 4.78 is 27.8. The molecule has 2 rings (SSSR count). The van der Waals surface area contributed by atoms with Gasteiger partial charge in [-0.3, -0.25) is 4.98 Å². The fourth-order valence-electron chi connectivity index (χ4n) is 2.44. The van der Waals surface area contributed by atoms with Crippen molar-refractivity contribution in [2.24, 2.45) is 11.3 Å². The van der Waals surface area contributed by atoms with E-state index in [1.807, 2.05) is 6.92 Å². The molecule has 0 aliphatic heterocycles. The van der Waals surface area contributed by atoms with Gasteiger partial charge < -0.3 is 5.32 Å². The van der Waals surface area contributed by atoms with Gasteiger partial charge in [-0.1, -0.05) is 20.8 Å². The first-order valence-corrected chi connectivity index (χ1v) is 9.07. The molecule has 0 spiro atoms. The molecule has 0 radical (unpaired) electrons. The van der Waals surface area contributed by atoms with Crippen molar-refractivity contribution in [3.05, 3.63) is 18.5 Å². The number of rotatable bonds is 8. The van der Waals surface area contributed by atoms with E-state index in [0.717, 1.165) is 25.8 Å². The fraction of sp³-hybridized carbons (Fsp3) is 0.667. The molecule has 0 saturated heterocycles. The van der Waals surface area contributed by atoms with E-state index in [-0.39, 0.29) is 10.3 Å². The average molecular weight is 311 g/mol. The Hall–Kier alpha value is -1.14. The molecule has 0 bridgehead atoms. The maximum atomic E-state index is 12.5. The van der Waals surface area contributed by atoms with Gasteiger partial charge in [-0.25, -0.2) is 13.1 Å². The molecule has 0 aromatic carbocycles. The summed E-state index contributed by atoms with van der Waals surface area (Å²) in [6, 6.07) is 1.71. The van der Waals surface area contributed by atoms with Crippen LogP contribution in [0.5, 0.6) is 0 Å². The van der Waals surface area contributed by atoms with Crippen molar-refractivity contribution in [2.75, 3.05) is 18.4 Å². The van der Waals surface area contributed by atoms with Crippen LogP contribution in [0.15, 0.2) is 23.4 Å². The molecule has 0 unspecified atom stereocenters. The molecule has 5 nitrogen and oxygen atoms in total. The van der Waals surface area contributed by atoms with Gasteiger partial charge in [-0.2, -0.15) is 0 Å². The molecular weight excluding hydrogens is 286 g/mol. The maximum Gasteiger partial charge on any atom is 0.244 e. The van der Waals surface area contributed by atoms with Gasteiger partial charge in [-0.15, -0.1) is 0 Å². The summed E-state index contributed by atoms with van der Waals surface area (Å²) in [6.07, 6.45) is 6.15. The van der Waals surface area contributed by atoms with Crippen LogP contribution in [0.25, 0.3) is 0 Å². The summed E-state index contributed by atoms with van der Waals surface area (Å²) >= 11 is 0. The van der Waals surface area contributed by atoms with Crippen LogP contribution in [0, 0.1) is 11.3 Å². The number of nitrogens with one attached hydrogen (secondary N) is 2. The fourth-order valence-corrected chi connectivity index (χ4v) is 3.70. The van der Waals surface area contributed by atoms with E-state index < -0.39 is 10.0 Å². The van der Waals surface area contributed by atoms with Gasteiger partial charge in [0.1, 0.15) is 4.90 Å². The monoisotopic (exact) mass is 311 g/mol. The molecule has 1 aliphatic rings. The zero-order valence-electron chi connectivity index (χ0n) is 13.0. The second-order valence-electron chi connectivity index (χ2n) is 6.14. The van der Waals surface area contributed by atoms with Crippen LogP contribution in [-0.2, 0) is 10.0 Å². The molecular formula is C15H25N3O2S. The van der Waals surface area contributed by atoms with Crippen molar-refractivity contribution in [2.45, 2.75) is 44.9 Å². The summed E-state index contributed by atoms with van der Waals surface area (Å²) in [5.41, 5.74) is 0.764. The van der Waals surface area contributed by atoms with Gasteiger partial charge in [0.25, 0.3) is 0 Å². The van der Waals surface area contributed by atoms with Crippen molar-refractivity contribution in [3.8, 4) is 0 Å². The van der Waals surface area contributed by atoms with Gasteiger partial charge in [0.2, 0.25) is 10.0 Å². The van der Waals surface area contributed by atoms with Crippen LogP contribution in [0.1, 0.15) is 40.0 Å². The summed E-state index contributed by atoms with van der Waals surface area (Å²) in [6.45, 7) is 7.59. The van der Waals surface area contributed by atoms with E-state index in [0.29, 0.717) is 18.2 Å². The van der Waals surface area contributed by atoms with Crippen molar-refractivity contribution < 1.29 is 8.42 Å². The normalized spacial score (nSPS) is 17.0. The minimum atomic E-state index is -3.52. The number of hydrogen-bond acceptors (Lipinski definition) is 4. The highest BCUT2D eigenvalue weighted by molar-refractivity contribution is 7.89. The van der Waals surface area contributed by atoms with E-state index in [9.17, 15) is 8.42 Å². The topological polar surface area (TPSA) is 71.1 Å². The number of anilines is 1.